The van der Waals surface area contributed by atoms with Crippen molar-refractivity contribution in [3.63, 3.8) is 0 Å². The lowest BCUT2D eigenvalue weighted by Crippen LogP contribution is -2.16. The Labute approximate surface area is 95.3 Å². The van der Waals surface area contributed by atoms with Gasteiger partial charge in [0.25, 0.3) is 0 Å². The summed E-state index contributed by atoms with van der Waals surface area (Å²) >= 11 is 0. The van der Waals surface area contributed by atoms with Crippen LogP contribution in [0.3, 0.4) is 0 Å². The van der Waals surface area contributed by atoms with Crippen molar-refractivity contribution >= 4 is 0 Å². The largest absolute Gasteiger partial charge is 0.393 e. The van der Waals surface area contributed by atoms with Crippen LogP contribution in [0.15, 0.2) is 0 Å². The first-order chi connectivity index (χ1) is 7.30. The molecule has 90 valence electrons. The molecule has 1 heteroatoms. The molecule has 0 aliphatic heterocycles. The molecule has 0 radical (unpaired) electrons. The topological polar surface area (TPSA) is 20.2 Å². The third kappa shape index (κ3) is 6.19. The summed E-state index contributed by atoms with van der Waals surface area (Å²) in [6, 6.07) is 0. The third-order valence-electron chi connectivity index (χ3n) is 3.83. The number of aliphatic hydroxyl groups excluding tert-OH is 1. The van der Waals surface area contributed by atoms with Crippen molar-refractivity contribution in [1.82, 2.24) is 0 Å². The van der Waals surface area contributed by atoms with E-state index in [-0.39, 0.29) is 6.10 Å². The van der Waals surface area contributed by atoms with E-state index in [1.807, 2.05) is 6.92 Å². The lowest BCUT2D eigenvalue weighted by molar-refractivity contribution is 0.110. The lowest BCUT2D eigenvalue weighted by atomic mass is 9.89. The first-order valence-electron chi connectivity index (χ1n) is 6.99. The molecule has 1 aliphatic rings. The maximum absolute atomic E-state index is 9.68. The fourth-order valence-corrected chi connectivity index (χ4v) is 2.68. The Hall–Kier alpha value is -0.0400. The molecule has 1 atom stereocenters. The molecular weight excluding hydrogens is 184 g/mol. The van der Waals surface area contributed by atoms with Crippen LogP contribution in [-0.2, 0) is 0 Å². The highest BCUT2D eigenvalue weighted by Gasteiger charge is 2.14. The van der Waals surface area contributed by atoms with Crippen molar-refractivity contribution in [2.75, 3.05) is 0 Å². The Morgan fingerprint density at radius 1 is 0.733 bits per heavy atom. The summed E-state index contributed by atoms with van der Waals surface area (Å²) in [7, 11) is 0. The van der Waals surface area contributed by atoms with Gasteiger partial charge in [0.15, 0.2) is 0 Å². The molecule has 0 aromatic carbocycles. The van der Waals surface area contributed by atoms with Crippen molar-refractivity contribution in [3.8, 4) is 0 Å². The molecule has 1 fully saturated rings. The molecule has 1 saturated carbocycles. The Morgan fingerprint density at radius 3 is 1.40 bits per heavy atom. The van der Waals surface area contributed by atoms with Gasteiger partial charge in [0.2, 0.25) is 0 Å². The molecule has 0 spiro atoms. The normalized spacial score (nSPS) is 25.2. The minimum atomic E-state index is -0.0899. The zero-order valence-electron chi connectivity index (χ0n) is 10.4. The Morgan fingerprint density at radius 2 is 1.07 bits per heavy atom. The first kappa shape index (κ1) is 13.0. The summed E-state index contributed by atoms with van der Waals surface area (Å²) in [6.07, 6.45) is 14.9. The number of hydrogen-bond acceptors (Lipinski definition) is 1. The Kier molecular flexibility index (Phi) is 7.08. The van der Waals surface area contributed by atoms with E-state index in [0.29, 0.717) is 5.92 Å². The van der Waals surface area contributed by atoms with Crippen molar-refractivity contribution < 1.29 is 5.11 Å². The molecule has 15 heavy (non-hydrogen) atoms. The van der Waals surface area contributed by atoms with Gasteiger partial charge in [-0.25, -0.2) is 0 Å². The fourth-order valence-electron chi connectivity index (χ4n) is 2.68. The van der Waals surface area contributed by atoms with E-state index in [9.17, 15) is 5.11 Å². The van der Waals surface area contributed by atoms with E-state index in [4.69, 9.17) is 0 Å². The van der Waals surface area contributed by atoms with E-state index in [1.54, 1.807) is 0 Å². The second-order valence-electron chi connectivity index (χ2n) is 5.26. The predicted molar refractivity (Wildman–Crippen MR) is 66.0 cm³/mol. The van der Waals surface area contributed by atoms with E-state index >= 15 is 0 Å². The second-order valence-corrected chi connectivity index (χ2v) is 5.26. The molecule has 0 aromatic heterocycles. The van der Waals surface area contributed by atoms with Crippen LogP contribution in [0.2, 0.25) is 0 Å². The van der Waals surface area contributed by atoms with Gasteiger partial charge in [-0.15, -0.1) is 0 Å². The minimum absolute atomic E-state index is 0.0899. The summed E-state index contributed by atoms with van der Waals surface area (Å²) in [5.41, 5.74) is 0. The van der Waals surface area contributed by atoms with E-state index < -0.39 is 0 Å². The number of hydrogen-bond donors (Lipinski definition) is 1. The maximum atomic E-state index is 9.68. The monoisotopic (exact) mass is 212 g/mol. The average Bonchev–Trinajstić information content (AvgIpc) is 2.18. The molecule has 1 N–H and O–H groups in total. The highest BCUT2D eigenvalue weighted by Crippen LogP contribution is 2.23. The highest BCUT2D eigenvalue weighted by molar-refractivity contribution is 4.66. The Balaban J connectivity index is 2.25. The minimum Gasteiger partial charge on any atom is -0.393 e. The van der Waals surface area contributed by atoms with Gasteiger partial charge >= 0.3 is 0 Å². The molecule has 1 rings (SSSR count). The molecule has 0 unspecified atom stereocenters. The van der Waals surface area contributed by atoms with Crippen LogP contribution in [0, 0.1) is 5.92 Å². The zero-order valence-corrected chi connectivity index (χ0v) is 10.4. The quantitative estimate of drug-likeness (QED) is 0.687. The fraction of sp³-hybridized carbons (Fsp3) is 1.00. The summed E-state index contributed by atoms with van der Waals surface area (Å²) in [5, 5.41) is 9.68. The van der Waals surface area contributed by atoms with Gasteiger partial charge < -0.3 is 5.11 Å². The first-order valence-corrected chi connectivity index (χ1v) is 6.99. The summed E-state index contributed by atoms with van der Waals surface area (Å²) in [5.74, 6) is 0.574. The zero-order chi connectivity index (χ0) is 10.9. The molecule has 0 saturated heterocycles. The third-order valence-corrected chi connectivity index (χ3v) is 3.83. The van der Waals surface area contributed by atoms with Crippen molar-refractivity contribution in [2.24, 2.45) is 5.92 Å². The predicted octanol–water partition coefficient (Wildman–Crippen LogP) is 4.29. The smallest absolute Gasteiger partial charge is 0.0540 e. The molecule has 0 aromatic rings. The van der Waals surface area contributed by atoms with Crippen LogP contribution < -0.4 is 0 Å². The standard InChI is InChI=1S/C14H28O/c1-13(15)14-11-9-7-5-3-2-4-6-8-10-12-14/h13-15H,2-12H2,1H3/t13-/m0/s1. The van der Waals surface area contributed by atoms with Gasteiger partial charge in [-0.05, 0) is 25.7 Å². The van der Waals surface area contributed by atoms with Crippen LogP contribution in [0.5, 0.6) is 0 Å². The van der Waals surface area contributed by atoms with Crippen LogP contribution in [-0.4, -0.2) is 11.2 Å². The van der Waals surface area contributed by atoms with E-state index in [2.05, 4.69) is 0 Å². The van der Waals surface area contributed by atoms with Gasteiger partial charge in [-0.2, -0.15) is 0 Å². The number of aliphatic hydroxyl groups is 1. The van der Waals surface area contributed by atoms with Gasteiger partial charge in [0.05, 0.1) is 6.10 Å². The van der Waals surface area contributed by atoms with E-state index in [1.165, 1.54) is 70.6 Å². The Bertz CT molecular complexity index is 130. The molecule has 1 nitrogen and oxygen atoms in total. The van der Waals surface area contributed by atoms with Crippen LogP contribution in [0.25, 0.3) is 0 Å². The average molecular weight is 212 g/mol. The van der Waals surface area contributed by atoms with Crippen molar-refractivity contribution in [2.45, 2.75) is 83.7 Å². The molecule has 0 bridgehead atoms. The van der Waals surface area contributed by atoms with Gasteiger partial charge in [-0.3, -0.25) is 0 Å². The van der Waals surface area contributed by atoms with Crippen molar-refractivity contribution in [3.05, 3.63) is 0 Å². The highest BCUT2D eigenvalue weighted by atomic mass is 16.3. The number of rotatable bonds is 1. The van der Waals surface area contributed by atoms with E-state index in [0.717, 1.165) is 0 Å². The molecule has 1 aliphatic carbocycles. The van der Waals surface area contributed by atoms with Crippen LogP contribution in [0.4, 0.5) is 0 Å². The molecular formula is C14H28O. The van der Waals surface area contributed by atoms with Gasteiger partial charge in [-0.1, -0.05) is 57.8 Å². The second kappa shape index (κ2) is 8.15. The summed E-state index contributed by atoms with van der Waals surface area (Å²) in [4.78, 5) is 0. The van der Waals surface area contributed by atoms with Gasteiger partial charge in [0.1, 0.15) is 0 Å². The van der Waals surface area contributed by atoms with Crippen LogP contribution in [0.1, 0.15) is 77.6 Å². The molecule has 0 heterocycles. The van der Waals surface area contributed by atoms with Gasteiger partial charge in [0, 0.05) is 0 Å². The van der Waals surface area contributed by atoms with Crippen molar-refractivity contribution in [1.29, 1.82) is 0 Å². The SMILES string of the molecule is C[C@H](O)C1CCCCCCCCCCC1. The maximum Gasteiger partial charge on any atom is 0.0540 e. The summed E-state index contributed by atoms with van der Waals surface area (Å²) < 4.78 is 0. The molecule has 0 amide bonds. The summed E-state index contributed by atoms with van der Waals surface area (Å²) in [6.45, 7) is 1.97. The lowest BCUT2D eigenvalue weighted by Gasteiger charge is -2.20. The van der Waals surface area contributed by atoms with Crippen LogP contribution >= 0.6 is 0 Å².